The first-order valence-corrected chi connectivity index (χ1v) is 15.0. The largest absolute Gasteiger partial charge is 0.492 e. The molecule has 0 radical (unpaired) electrons. The van der Waals surface area contributed by atoms with Crippen molar-refractivity contribution in [1.82, 2.24) is 20.4 Å². The van der Waals surface area contributed by atoms with Gasteiger partial charge in [-0.3, -0.25) is 35.0 Å². The number of aliphatic imine (C=N–C) groups is 1. The zero-order valence-electron chi connectivity index (χ0n) is 24.3. The molecule has 2 saturated heterocycles. The van der Waals surface area contributed by atoms with Gasteiger partial charge in [-0.1, -0.05) is 30.3 Å². The molecule has 45 heavy (non-hydrogen) atoms. The fraction of sp³-hybridized carbons (Fsp3) is 0.433. The van der Waals surface area contributed by atoms with Crippen LogP contribution in [0.25, 0.3) is 0 Å². The van der Waals surface area contributed by atoms with E-state index in [4.69, 9.17) is 16.2 Å². The Morgan fingerprint density at radius 2 is 1.89 bits per heavy atom. The Labute approximate surface area is 257 Å². The number of nitrogens with one attached hydrogen (secondary N) is 3. The fourth-order valence-electron chi connectivity index (χ4n) is 7.72. The van der Waals surface area contributed by atoms with Crippen molar-refractivity contribution < 1.29 is 34.3 Å². The summed E-state index contributed by atoms with van der Waals surface area (Å²) in [5.41, 5.74) is 12.7. The molecule has 5 aliphatic heterocycles. The average molecular weight is 617 g/mol. The summed E-state index contributed by atoms with van der Waals surface area (Å²) in [6, 6.07) is 10.6. The lowest BCUT2D eigenvalue weighted by Crippen LogP contribution is -2.90. The number of carbonyl (C=O) groups is 3. The molecule has 1 unspecified atom stereocenters. The predicted molar refractivity (Wildman–Crippen MR) is 159 cm³/mol. The molecule has 8 rings (SSSR count). The number of benzene rings is 2. The summed E-state index contributed by atoms with van der Waals surface area (Å²) in [5, 5.41) is 29.5. The molecule has 15 nitrogen and oxygen atoms in total. The predicted octanol–water partition coefficient (Wildman–Crippen LogP) is -3.18. The van der Waals surface area contributed by atoms with Crippen molar-refractivity contribution in [2.45, 2.75) is 54.3 Å². The van der Waals surface area contributed by atoms with Crippen LogP contribution < -0.4 is 36.7 Å². The Balaban J connectivity index is 1.07. The monoisotopic (exact) mass is 616 g/mol. The van der Waals surface area contributed by atoms with E-state index in [0.29, 0.717) is 23.6 Å². The van der Waals surface area contributed by atoms with E-state index in [1.54, 1.807) is 30.3 Å². The van der Waals surface area contributed by atoms with Crippen molar-refractivity contribution in [1.29, 1.82) is 0 Å². The molecule has 1 aliphatic carbocycles. The maximum absolute atomic E-state index is 13.7. The zero-order valence-corrected chi connectivity index (χ0v) is 24.3. The molecule has 3 fully saturated rings. The number of carbonyl (C=O) groups excluding carboxylic acids is 3. The van der Waals surface area contributed by atoms with Crippen LogP contribution in [-0.4, -0.2) is 106 Å². The van der Waals surface area contributed by atoms with Crippen molar-refractivity contribution in [3.63, 3.8) is 0 Å². The third-order valence-electron chi connectivity index (χ3n) is 10.2. The van der Waals surface area contributed by atoms with Gasteiger partial charge in [-0.05, 0) is 37.5 Å². The zero-order chi connectivity index (χ0) is 31.3. The van der Waals surface area contributed by atoms with Crippen LogP contribution in [0.2, 0.25) is 0 Å². The lowest BCUT2D eigenvalue weighted by atomic mass is 9.84. The van der Waals surface area contributed by atoms with Crippen molar-refractivity contribution in [3.8, 4) is 5.75 Å². The quantitative estimate of drug-likeness (QED) is 0.132. The third kappa shape index (κ3) is 3.80. The van der Waals surface area contributed by atoms with Crippen LogP contribution in [0.15, 0.2) is 53.5 Å². The number of hydrogen-bond acceptors (Lipinski definition) is 11. The molecule has 4 atom stereocenters. The van der Waals surface area contributed by atoms with Gasteiger partial charge in [0.1, 0.15) is 24.4 Å². The number of urea groups is 1. The Morgan fingerprint density at radius 1 is 1.11 bits per heavy atom. The van der Waals surface area contributed by atoms with Gasteiger partial charge in [0.2, 0.25) is 5.79 Å². The number of ether oxygens (including phenoxy) is 1. The number of rotatable bonds is 5. The first-order valence-electron chi connectivity index (χ1n) is 15.0. The van der Waals surface area contributed by atoms with Crippen molar-refractivity contribution in [2.75, 3.05) is 31.1 Å². The second kappa shape index (κ2) is 9.31. The van der Waals surface area contributed by atoms with Crippen LogP contribution in [0, 0.1) is 0 Å². The minimum absolute atomic E-state index is 0.0181. The summed E-state index contributed by atoms with van der Waals surface area (Å²) in [5.74, 6) is -3.14. The Kier molecular flexibility index (Phi) is 5.72. The number of amides is 4. The number of nitrogens with zero attached hydrogens (tertiary/aromatic N) is 4. The van der Waals surface area contributed by atoms with Gasteiger partial charge in [-0.25, -0.2) is 15.1 Å². The van der Waals surface area contributed by atoms with E-state index >= 15 is 0 Å². The maximum atomic E-state index is 13.7. The van der Waals surface area contributed by atoms with E-state index in [0.717, 1.165) is 29.7 Å². The molecule has 2 aromatic rings. The van der Waals surface area contributed by atoms with Crippen LogP contribution in [0.1, 0.15) is 35.2 Å². The smallest absolute Gasteiger partial charge is 0.343 e. The average Bonchev–Trinajstić information content (AvgIpc) is 3.53. The topological polar surface area (TPSA) is 213 Å². The molecule has 1 saturated carbocycles. The summed E-state index contributed by atoms with van der Waals surface area (Å²) in [6.45, 7) is 0.0326. The van der Waals surface area contributed by atoms with E-state index in [9.17, 15) is 24.6 Å². The molecule has 9 N–H and O–H groups in total. The summed E-state index contributed by atoms with van der Waals surface area (Å²) in [7, 11) is 0. The van der Waals surface area contributed by atoms with Gasteiger partial charge in [0.05, 0.1) is 25.3 Å². The van der Waals surface area contributed by atoms with Gasteiger partial charge in [-0.15, -0.1) is 0 Å². The number of aliphatic hydroxyl groups is 2. The molecule has 6 aliphatic rings. The van der Waals surface area contributed by atoms with Crippen molar-refractivity contribution in [2.24, 2.45) is 16.5 Å². The highest BCUT2D eigenvalue weighted by atomic mass is 16.5. The maximum Gasteiger partial charge on any atom is 0.343 e. The summed E-state index contributed by atoms with van der Waals surface area (Å²) >= 11 is 0. The van der Waals surface area contributed by atoms with Crippen LogP contribution in [0.5, 0.6) is 5.75 Å². The van der Waals surface area contributed by atoms with E-state index in [-0.39, 0.29) is 37.0 Å². The van der Waals surface area contributed by atoms with Crippen LogP contribution in [-0.2, 0) is 10.2 Å². The first-order chi connectivity index (χ1) is 21.6. The van der Waals surface area contributed by atoms with E-state index in [1.807, 2.05) is 18.2 Å². The summed E-state index contributed by atoms with van der Waals surface area (Å²) < 4.78 is 5.95. The number of para-hydroxylation sites is 2. The molecule has 0 aromatic heterocycles. The van der Waals surface area contributed by atoms with Gasteiger partial charge in [0.15, 0.2) is 12.0 Å². The number of nitrogens with two attached hydrogens (primary N) is 2. The van der Waals surface area contributed by atoms with E-state index in [2.05, 4.69) is 20.6 Å². The molecule has 15 heteroatoms. The summed E-state index contributed by atoms with van der Waals surface area (Å²) in [4.78, 5) is 51.6. The molecule has 5 heterocycles. The fourth-order valence-corrected chi connectivity index (χ4v) is 7.72. The standard InChI is InChI=1S/C30H33N9O6/c31-25-35-23-19(13-38-21(40)15-37(27(38)42)16-5-2-1-3-6-16)33-26(32)39-14-20(30(43,44)29(23,39)36-25)34-24(41)17-7-4-8-18-22(17)45-12-11-28(18)9-10-28/h1-8,19-20,23,43-44H,9-15H2,(H2,32,33)(H,34,41)(H3,31,35,36)/p+1/t19-,20?,23-,29-/m0/s1. The molecule has 234 valence electrons. The van der Waals surface area contributed by atoms with E-state index < -0.39 is 47.4 Å². The molecule has 4 amide bonds. The van der Waals surface area contributed by atoms with Gasteiger partial charge < -0.3 is 26.0 Å². The molecule has 2 aromatic carbocycles. The highest BCUT2D eigenvalue weighted by Crippen LogP contribution is 2.56. The van der Waals surface area contributed by atoms with Crippen LogP contribution in [0.3, 0.4) is 0 Å². The SMILES string of the molecule is NC1=N[C@@H](CN2C(=O)CN(c3ccccc3)C2=O)[C@@H]2[NH+]=C(N)N[C@]23N1CC(NC(=O)c1cccc2c1OCCC21CC1)C3(O)O. The van der Waals surface area contributed by atoms with Crippen molar-refractivity contribution in [3.05, 3.63) is 59.7 Å². The first kappa shape index (κ1) is 27.6. The van der Waals surface area contributed by atoms with Gasteiger partial charge in [0, 0.05) is 16.7 Å². The third-order valence-corrected chi connectivity index (χ3v) is 10.2. The Morgan fingerprint density at radius 3 is 2.64 bits per heavy atom. The molecular weight excluding hydrogens is 582 g/mol. The Hall–Kier alpha value is -4.89. The van der Waals surface area contributed by atoms with E-state index in [1.165, 1.54) is 9.80 Å². The van der Waals surface area contributed by atoms with Crippen LogP contribution in [0.4, 0.5) is 10.5 Å². The number of guanidine groups is 2. The minimum Gasteiger partial charge on any atom is -0.492 e. The second-order valence-corrected chi connectivity index (χ2v) is 12.6. The minimum atomic E-state index is -2.65. The van der Waals surface area contributed by atoms with Gasteiger partial charge in [0.25, 0.3) is 17.5 Å². The number of imide groups is 1. The highest BCUT2D eigenvalue weighted by molar-refractivity contribution is 6.12. The van der Waals surface area contributed by atoms with Crippen LogP contribution >= 0.6 is 0 Å². The van der Waals surface area contributed by atoms with Gasteiger partial charge >= 0.3 is 12.0 Å². The van der Waals surface area contributed by atoms with Gasteiger partial charge in [-0.2, -0.15) is 0 Å². The number of hydrogen-bond donors (Lipinski definition) is 7. The molecular formula is C30H34N9O6+. The lowest BCUT2D eigenvalue weighted by Gasteiger charge is -2.46. The second-order valence-electron chi connectivity index (χ2n) is 12.6. The lowest BCUT2D eigenvalue weighted by molar-refractivity contribution is -0.521. The highest BCUT2D eigenvalue weighted by Gasteiger charge is 2.76. The Bertz CT molecular complexity index is 1690. The normalized spacial score (nSPS) is 30.2. The molecule has 2 spiro atoms. The summed E-state index contributed by atoms with van der Waals surface area (Å²) in [6.07, 6.45) is 2.99. The van der Waals surface area contributed by atoms with Crippen molar-refractivity contribution >= 4 is 35.5 Å². The number of anilines is 1. The molecule has 0 bridgehead atoms. The number of fused-ring (bicyclic) bond motifs is 2.